The van der Waals surface area contributed by atoms with Gasteiger partial charge in [-0.2, -0.15) is 5.26 Å². The van der Waals surface area contributed by atoms with Gasteiger partial charge < -0.3 is 10.4 Å². The molecule has 17 heavy (non-hydrogen) atoms. The van der Waals surface area contributed by atoms with Crippen LogP contribution in [0.15, 0.2) is 42.6 Å². The number of aromatic nitrogens is 1. The summed E-state index contributed by atoms with van der Waals surface area (Å²) in [5.41, 5.74) is 2.32. The summed E-state index contributed by atoms with van der Waals surface area (Å²) in [6.07, 6.45) is 1.62. The molecule has 0 aliphatic carbocycles. The van der Waals surface area contributed by atoms with E-state index in [4.69, 9.17) is 10.4 Å². The molecule has 0 radical (unpaired) electrons. The number of nitrogens with zero attached hydrogens (tertiary/aromatic N) is 2. The molecule has 4 heteroatoms. The first-order valence-electron chi connectivity index (χ1n) is 5.16. The SMILES string of the molecule is N#Cc1ccc(NCc2ccc(O)cc2)cn1. The maximum Gasteiger partial charge on any atom is 0.140 e. The molecule has 84 valence electrons. The maximum absolute atomic E-state index is 9.14. The number of nitrogens with one attached hydrogen (secondary N) is 1. The molecule has 0 fully saturated rings. The van der Waals surface area contributed by atoms with Crippen molar-refractivity contribution in [3.05, 3.63) is 53.9 Å². The lowest BCUT2D eigenvalue weighted by molar-refractivity contribution is 0.475. The second-order valence-corrected chi connectivity index (χ2v) is 3.56. The minimum Gasteiger partial charge on any atom is -0.508 e. The number of anilines is 1. The average Bonchev–Trinajstić information content (AvgIpc) is 2.39. The lowest BCUT2D eigenvalue weighted by Crippen LogP contribution is -1.99. The Morgan fingerprint density at radius 3 is 2.53 bits per heavy atom. The van der Waals surface area contributed by atoms with Crippen molar-refractivity contribution < 1.29 is 5.11 Å². The highest BCUT2D eigenvalue weighted by molar-refractivity contribution is 5.43. The van der Waals surface area contributed by atoms with Crippen LogP contribution in [0.5, 0.6) is 5.75 Å². The lowest BCUT2D eigenvalue weighted by Gasteiger charge is -2.05. The van der Waals surface area contributed by atoms with Crippen LogP contribution in [-0.2, 0) is 6.54 Å². The van der Waals surface area contributed by atoms with E-state index in [1.165, 1.54) is 0 Å². The number of phenols is 1. The van der Waals surface area contributed by atoms with Gasteiger partial charge in [0, 0.05) is 6.54 Å². The van der Waals surface area contributed by atoms with Crippen molar-refractivity contribution in [2.45, 2.75) is 6.54 Å². The van der Waals surface area contributed by atoms with Gasteiger partial charge in [0.2, 0.25) is 0 Å². The molecule has 2 aromatic rings. The third-order valence-corrected chi connectivity index (χ3v) is 2.31. The van der Waals surface area contributed by atoms with Crippen molar-refractivity contribution in [1.29, 1.82) is 5.26 Å². The van der Waals surface area contributed by atoms with E-state index in [-0.39, 0.29) is 5.75 Å². The highest BCUT2D eigenvalue weighted by Crippen LogP contribution is 2.12. The van der Waals surface area contributed by atoms with Crippen LogP contribution >= 0.6 is 0 Å². The summed E-state index contributed by atoms with van der Waals surface area (Å²) in [6, 6.07) is 12.4. The predicted octanol–water partition coefficient (Wildman–Crippen LogP) is 2.27. The highest BCUT2D eigenvalue weighted by Gasteiger charge is 1.96. The Morgan fingerprint density at radius 1 is 1.18 bits per heavy atom. The Bertz CT molecular complexity index is 526. The van der Waals surface area contributed by atoms with Gasteiger partial charge in [-0.1, -0.05) is 12.1 Å². The fourth-order valence-electron chi connectivity index (χ4n) is 1.38. The molecule has 0 bridgehead atoms. The summed E-state index contributed by atoms with van der Waals surface area (Å²) in [5.74, 6) is 0.258. The zero-order valence-electron chi connectivity index (χ0n) is 9.09. The fourth-order valence-corrected chi connectivity index (χ4v) is 1.38. The molecular weight excluding hydrogens is 214 g/mol. The average molecular weight is 225 g/mol. The molecule has 0 unspecified atom stereocenters. The summed E-state index contributed by atoms with van der Waals surface area (Å²) in [5, 5.41) is 20.9. The normalized spacial score (nSPS) is 9.59. The van der Waals surface area contributed by atoms with Crippen molar-refractivity contribution in [3.8, 4) is 11.8 Å². The molecule has 0 aliphatic rings. The van der Waals surface area contributed by atoms with Gasteiger partial charge in [0.1, 0.15) is 17.5 Å². The van der Waals surface area contributed by atoms with Crippen LogP contribution in [0.4, 0.5) is 5.69 Å². The number of hydrogen-bond acceptors (Lipinski definition) is 4. The van der Waals surface area contributed by atoms with Gasteiger partial charge in [-0.3, -0.25) is 0 Å². The molecule has 0 atom stereocenters. The predicted molar refractivity (Wildman–Crippen MR) is 64.4 cm³/mol. The number of hydrogen-bond donors (Lipinski definition) is 2. The Kier molecular flexibility index (Phi) is 3.22. The van der Waals surface area contributed by atoms with Crippen LogP contribution in [0.25, 0.3) is 0 Å². The first-order chi connectivity index (χ1) is 8.28. The van der Waals surface area contributed by atoms with E-state index in [2.05, 4.69) is 10.3 Å². The standard InChI is InChI=1S/C13H11N3O/c14-7-11-3-4-12(9-16-11)15-8-10-1-5-13(17)6-2-10/h1-6,9,15,17H,8H2. The monoisotopic (exact) mass is 225 g/mol. The van der Waals surface area contributed by atoms with Crippen molar-refractivity contribution >= 4 is 5.69 Å². The summed E-state index contributed by atoms with van der Waals surface area (Å²) in [4.78, 5) is 3.96. The van der Waals surface area contributed by atoms with E-state index in [1.54, 1.807) is 24.4 Å². The summed E-state index contributed by atoms with van der Waals surface area (Å²) in [7, 11) is 0. The molecule has 1 aromatic heterocycles. The number of aromatic hydroxyl groups is 1. The van der Waals surface area contributed by atoms with Gasteiger partial charge >= 0.3 is 0 Å². The molecule has 2 N–H and O–H groups in total. The minimum atomic E-state index is 0.258. The molecule has 0 spiro atoms. The molecule has 0 aliphatic heterocycles. The number of benzene rings is 1. The van der Waals surface area contributed by atoms with Gasteiger partial charge in [-0.25, -0.2) is 4.98 Å². The van der Waals surface area contributed by atoms with E-state index in [0.717, 1.165) is 11.3 Å². The van der Waals surface area contributed by atoms with Crippen molar-refractivity contribution in [3.63, 3.8) is 0 Å². The van der Waals surface area contributed by atoms with Gasteiger partial charge in [0.25, 0.3) is 0 Å². The van der Waals surface area contributed by atoms with E-state index in [0.29, 0.717) is 12.2 Å². The Hall–Kier alpha value is -2.54. The Morgan fingerprint density at radius 2 is 1.94 bits per heavy atom. The van der Waals surface area contributed by atoms with Crippen molar-refractivity contribution in [2.75, 3.05) is 5.32 Å². The topological polar surface area (TPSA) is 68.9 Å². The van der Waals surface area contributed by atoms with E-state index in [9.17, 15) is 0 Å². The molecule has 0 amide bonds. The summed E-state index contributed by atoms with van der Waals surface area (Å²) in [6.45, 7) is 0.647. The van der Waals surface area contributed by atoms with Crippen LogP contribution in [-0.4, -0.2) is 10.1 Å². The first-order valence-corrected chi connectivity index (χ1v) is 5.16. The number of rotatable bonds is 3. The maximum atomic E-state index is 9.14. The molecule has 0 saturated carbocycles. The molecule has 0 saturated heterocycles. The van der Waals surface area contributed by atoms with Crippen LogP contribution in [0.3, 0.4) is 0 Å². The van der Waals surface area contributed by atoms with Crippen LogP contribution < -0.4 is 5.32 Å². The molecule has 2 rings (SSSR count). The fraction of sp³-hybridized carbons (Fsp3) is 0.0769. The van der Waals surface area contributed by atoms with Gasteiger partial charge in [0.05, 0.1) is 11.9 Å². The third kappa shape index (κ3) is 2.95. The molecule has 1 heterocycles. The third-order valence-electron chi connectivity index (χ3n) is 2.31. The van der Waals surface area contributed by atoms with Gasteiger partial charge in [0.15, 0.2) is 0 Å². The second kappa shape index (κ2) is 4.99. The largest absolute Gasteiger partial charge is 0.508 e. The van der Waals surface area contributed by atoms with Crippen LogP contribution in [0.2, 0.25) is 0 Å². The zero-order valence-corrected chi connectivity index (χ0v) is 9.09. The highest BCUT2D eigenvalue weighted by atomic mass is 16.3. The number of phenolic OH excluding ortho intramolecular Hbond substituents is 1. The van der Waals surface area contributed by atoms with Crippen LogP contribution in [0, 0.1) is 11.3 Å². The molecule has 1 aromatic carbocycles. The number of pyridine rings is 1. The smallest absolute Gasteiger partial charge is 0.140 e. The van der Waals surface area contributed by atoms with E-state index < -0.39 is 0 Å². The van der Waals surface area contributed by atoms with Crippen molar-refractivity contribution in [2.24, 2.45) is 0 Å². The second-order valence-electron chi connectivity index (χ2n) is 3.56. The van der Waals surface area contributed by atoms with E-state index in [1.807, 2.05) is 24.3 Å². The minimum absolute atomic E-state index is 0.258. The summed E-state index contributed by atoms with van der Waals surface area (Å²) < 4.78 is 0. The molecule has 4 nitrogen and oxygen atoms in total. The summed E-state index contributed by atoms with van der Waals surface area (Å²) >= 11 is 0. The van der Waals surface area contributed by atoms with Crippen molar-refractivity contribution in [1.82, 2.24) is 4.98 Å². The lowest BCUT2D eigenvalue weighted by atomic mass is 10.2. The van der Waals surface area contributed by atoms with Gasteiger partial charge in [-0.15, -0.1) is 0 Å². The number of nitriles is 1. The van der Waals surface area contributed by atoms with E-state index >= 15 is 0 Å². The molecular formula is C13H11N3O. The Balaban J connectivity index is 1.98. The first kappa shape index (κ1) is 11.0. The van der Waals surface area contributed by atoms with Gasteiger partial charge in [-0.05, 0) is 29.8 Å². The zero-order chi connectivity index (χ0) is 12.1. The van der Waals surface area contributed by atoms with Crippen LogP contribution in [0.1, 0.15) is 11.3 Å². The quantitative estimate of drug-likeness (QED) is 0.840. The Labute approximate surface area is 99.2 Å².